The second kappa shape index (κ2) is 5.10. The molecule has 2 aliphatic carbocycles. The van der Waals surface area contributed by atoms with Crippen LogP contribution in [0.2, 0.25) is 0 Å². The lowest BCUT2D eigenvalue weighted by Crippen LogP contribution is -2.07. The molecule has 0 bridgehead atoms. The summed E-state index contributed by atoms with van der Waals surface area (Å²) >= 11 is 0. The average Bonchev–Trinajstić information content (AvgIpc) is 3.24. The number of nitrogens with zero attached hydrogens (tertiary/aromatic N) is 2. The quantitative estimate of drug-likeness (QED) is 0.415. The maximum Gasteiger partial charge on any atom is 0.227 e. The van der Waals surface area contributed by atoms with Crippen LogP contribution < -0.4 is 0 Å². The maximum atomic E-state index is 6.04. The van der Waals surface area contributed by atoms with Gasteiger partial charge >= 0.3 is 0 Å². The highest BCUT2D eigenvalue weighted by Crippen LogP contribution is 2.34. The van der Waals surface area contributed by atoms with E-state index < -0.39 is 0 Å². The first-order valence-corrected chi connectivity index (χ1v) is 9.76. The van der Waals surface area contributed by atoms with Gasteiger partial charge in [-0.3, -0.25) is 0 Å². The molecule has 4 heteroatoms. The summed E-state index contributed by atoms with van der Waals surface area (Å²) < 4.78 is 12.1. The molecule has 4 nitrogen and oxygen atoms in total. The van der Waals surface area contributed by atoms with E-state index in [1.807, 2.05) is 12.1 Å². The van der Waals surface area contributed by atoms with Crippen molar-refractivity contribution in [3.8, 4) is 22.9 Å². The van der Waals surface area contributed by atoms with E-state index in [-0.39, 0.29) is 0 Å². The van der Waals surface area contributed by atoms with E-state index in [9.17, 15) is 0 Å². The lowest BCUT2D eigenvalue weighted by Gasteiger charge is -2.18. The zero-order valence-corrected chi connectivity index (χ0v) is 15.2. The van der Waals surface area contributed by atoms with Crippen LogP contribution in [-0.4, -0.2) is 9.97 Å². The topological polar surface area (TPSA) is 52.1 Å². The largest absolute Gasteiger partial charge is 0.436 e. The van der Waals surface area contributed by atoms with Crippen LogP contribution in [0.4, 0.5) is 0 Å². The molecule has 0 amide bonds. The highest BCUT2D eigenvalue weighted by Gasteiger charge is 2.19. The number of hydrogen-bond acceptors (Lipinski definition) is 4. The average molecular weight is 364 g/mol. The number of aromatic nitrogens is 2. The molecular weight excluding hydrogens is 348 g/mol. The zero-order valence-electron chi connectivity index (χ0n) is 15.2. The lowest BCUT2D eigenvalue weighted by atomic mass is 9.87. The third-order valence-corrected chi connectivity index (χ3v) is 6.13. The van der Waals surface area contributed by atoms with Crippen LogP contribution in [-0.2, 0) is 25.7 Å². The van der Waals surface area contributed by atoms with Crippen molar-refractivity contribution in [1.29, 1.82) is 0 Å². The minimum atomic E-state index is 0.653. The van der Waals surface area contributed by atoms with E-state index in [2.05, 4.69) is 36.4 Å². The molecular formula is C24H16N2O2. The van der Waals surface area contributed by atoms with Gasteiger partial charge in [-0.05, 0) is 78.3 Å². The second-order valence-corrected chi connectivity index (χ2v) is 7.79. The van der Waals surface area contributed by atoms with Crippen molar-refractivity contribution in [2.45, 2.75) is 25.7 Å². The molecule has 0 fully saturated rings. The van der Waals surface area contributed by atoms with E-state index in [1.54, 1.807) is 0 Å². The lowest BCUT2D eigenvalue weighted by molar-refractivity contribution is 0.608. The van der Waals surface area contributed by atoms with Crippen molar-refractivity contribution in [2.75, 3.05) is 0 Å². The molecule has 2 heterocycles. The van der Waals surface area contributed by atoms with Gasteiger partial charge in [-0.1, -0.05) is 12.1 Å². The highest BCUT2D eigenvalue weighted by molar-refractivity contribution is 5.91. The van der Waals surface area contributed by atoms with E-state index in [0.29, 0.717) is 11.8 Å². The van der Waals surface area contributed by atoms with Gasteiger partial charge in [0.15, 0.2) is 11.2 Å². The van der Waals surface area contributed by atoms with Gasteiger partial charge in [0.05, 0.1) is 0 Å². The number of aryl methyl sites for hydroxylation is 4. The summed E-state index contributed by atoms with van der Waals surface area (Å²) in [5, 5.41) is 0. The van der Waals surface area contributed by atoms with Gasteiger partial charge in [0, 0.05) is 17.2 Å². The first-order valence-electron chi connectivity index (χ1n) is 9.76. The molecule has 0 aliphatic heterocycles. The molecule has 0 saturated carbocycles. The van der Waals surface area contributed by atoms with Crippen molar-refractivity contribution in [3.63, 3.8) is 0 Å². The van der Waals surface area contributed by atoms with Gasteiger partial charge in [-0.2, -0.15) is 0 Å². The molecule has 0 atom stereocenters. The van der Waals surface area contributed by atoms with E-state index in [0.717, 1.165) is 46.2 Å². The molecule has 0 radical (unpaired) electrons. The first kappa shape index (κ1) is 14.6. The minimum absolute atomic E-state index is 0.653. The molecule has 0 N–H and O–H groups in total. The van der Waals surface area contributed by atoms with E-state index in [1.165, 1.54) is 35.1 Å². The number of benzene rings is 3. The molecule has 2 aliphatic rings. The Balaban J connectivity index is 1.33. The van der Waals surface area contributed by atoms with Crippen molar-refractivity contribution in [1.82, 2.24) is 9.97 Å². The predicted molar refractivity (Wildman–Crippen MR) is 107 cm³/mol. The van der Waals surface area contributed by atoms with Crippen molar-refractivity contribution < 1.29 is 8.83 Å². The van der Waals surface area contributed by atoms with Crippen LogP contribution in [0, 0.1) is 0 Å². The maximum absolute atomic E-state index is 6.04. The van der Waals surface area contributed by atoms with Gasteiger partial charge in [0.2, 0.25) is 11.8 Å². The van der Waals surface area contributed by atoms with Crippen LogP contribution in [0.25, 0.3) is 45.1 Å². The first-order chi connectivity index (χ1) is 13.8. The number of hydrogen-bond donors (Lipinski definition) is 0. The fourth-order valence-corrected chi connectivity index (χ4v) is 4.25. The van der Waals surface area contributed by atoms with Gasteiger partial charge in [0.1, 0.15) is 11.0 Å². The van der Waals surface area contributed by atoms with E-state index >= 15 is 0 Å². The Morgan fingerprint density at radius 1 is 0.536 bits per heavy atom. The highest BCUT2D eigenvalue weighted by atomic mass is 16.4. The van der Waals surface area contributed by atoms with Crippen LogP contribution in [0.3, 0.4) is 0 Å². The number of rotatable bonds is 2. The van der Waals surface area contributed by atoms with E-state index in [4.69, 9.17) is 18.8 Å². The Kier molecular flexibility index (Phi) is 2.67. The van der Waals surface area contributed by atoms with Crippen LogP contribution in [0.15, 0.2) is 57.4 Å². The smallest absolute Gasteiger partial charge is 0.227 e. The third kappa shape index (κ3) is 2.00. The molecule has 2 aromatic heterocycles. The fourth-order valence-electron chi connectivity index (χ4n) is 4.25. The summed E-state index contributed by atoms with van der Waals surface area (Å²) in [4.78, 5) is 9.39. The molecule has 0 spiro atoms. The Labute approximate surface area is 160 Å². The van der Waals surface area contributed by atoms with Crippen LogP contribution in [0.1, 0.15) is 22.3 Å². The Morgan fingerprint density at radius 2 is 1.04 bits per heavy atom. The Hall–Kier alpha value is -3.40. The normalized spacial score (nSPS) is 14.6. The number of fused-ring (bicyclic) bond motifs is 4. The summed E-state index contributed by atoms with van der Waals surface area (Å²) in [7, 11) is 0. The minimum Gasteiger partial charge on any atom is -0.436 e. The Bertz CT molecular complexity index is 1270. The van der Waals surface area contributed by atoms with Crippen molar-refractivity contribution in [2.24, 2.45) is 0 Å². The van der Waals surface area contributed by atoms with Gasteiger partial charge < -0.3 is 8.83 Å². The van der Waals surface area contributed by atoms with Crippen molar-refractivity contribution >= 4 is 22.2 Å². The molecule has 5 aromatic rings. The summed E-state index contributed by atoms with van der Waals surface area (Å²) in [5.74, 6) is 1.31. The standard InChI is InChI=1S/C24H16N2O2/c1-5-15-9-17(7-3-13(1)15)23-25-19-11-20-22(12-21(19)27-23)28-24(26-20)18-8-4-14-2-6-16(14)10-18/h3-4,7-12H,1-2,5-6H2. The summed E-state index contributed by atoms with van der Waals surface area (Å²) in [6.07, 6.45) is 4.65. The third-order valence-electron chi connectivity index (χ3n) is 6.13. The molecule has 134 valence electrons. The second-order valence-electron chi connectivity index (χ2n) is 7.79. The number of oxazole rings is 2. The Morgan fingerprint density at radius 3 is 1.46 bits per heavy atom. The SMILES string of the molecule is c1cc2c(cc1-c1nc3cc4nc(-c5ccc6c(c5)CC6)oc4cc3o1)CC2. The molecule has 0 unspecified atom stereocenters. The predicted octanol–water partition coefficient (Wildman–Crippen LogP) is 5.50. The summed E-state index contributed by atoms with van der Waals surface area (Å²) in [6.45, 7) is 0. The van der Waals surface area contributed by atoms with Crippen LogP contribution in [0.5, 0.6) is 0 Å². The molecule has 7 rings (SSSR count). The molecule has 3 aromatic carbocycles. The van der Waals surface area contributed by atoms with Crippen LogP contribution >= 0.6 is 0 Å². The monoisotopic (exact) mass is 364 g/mol. The molecule has 28 heavy (non-hydrogen) atoms. The fraction of sp³-hybridized carbons (Fsp3) is 0.167. The zero-order chi connectivity index (χ0) is 18.2. The summed E-state index contributed by atoms with van der Waals surface area (Å²) in [6, 6.07) is 16.8. The van der Waals surface area contributed by atoms with Gasteiger partial charge in [0.25, 0.3) is 0 Å². The molecule has 0 saturated heterocycles. The summed E-state index contributed by atoms with van der Waals surface area (Å²) in [5.41, 5.74) is 10.8. The van der Waals surface area contributed by atoms with Gasteiger partial charge in [-0.25, -0.2) is 9.97 Å². The van der Waals surface area contributed by atoms with Crippen molar-refractivity contribution in [3.05, 3.63) is 70.8 Å². The van der Waals surface area contributed by atoms with Gasteiger partial charge in [-0.15, -0.1) is 0 Å².